The fourth-order valence-corrected chi connectivity index (χ4v) is 12.4. The van der Waals surface area contributed by atoms with E-state index < -0.39 is 0 Å². The molecule has 0 aliphatic rings. The first-order valence-corrected chi connectivity index (χ1v) is 23.6. The van der Waals surface area contributed by atoms with E-state index in [0.717, 1.165) is 0 Å². The van der Waals surface area contributed by atoms with Crippen molar-refractivity contribution >= 4 is 0 Å². The summed E-state index contributed by atoms with van der Waals surface area (Å²) in [5.74, 6) is 0. The van der Waals surface area contributed by atoms with Gasteiger partial charge >= 0.3 is 0 Å². The van der Waals surface area contributed by atoms with E-state index in [0.29, 0.717) is 22.2 Å². The van der Waals surface area contributed by atoms with Gasteiger partial charge in [-0.05, 0) is 51.4 Å². The van der Waals surface area contributed by atoms with E-state index in [1.165, 1.54) is 205 Å². The Hall–Kier alpha value is -0.0400. The van der Waals surface area contributed by atoms with Crippen molar-refractivity contribution < 1.29 is 4.48 Å². The minimum atomic E-state index is 0.352. The zero-order valence-electron chi connectivity index (χ0n) is 37.1. The van der Waals surface area contributed by atoms with Gasteiger partial charge in [0, 0.05) is 77.0 Å². The molecular weight excluding hydrogens is 591 g/mol. The van der Waals surface area contributed by atoms with Crippen LogP contribution in [0.25, 0.3) is 0 Å². The van der Waals surface area contributed by atoms with Crippen molar-refractivity contribution in [1.29, 1.82) is 0 Å². The summed E-state index contributed by atoms with van der Waals surface area (Å²) in [5, 5.41) is 0. The smallest absolute Gasteiger partial charge is 0.100 e. The Balaban J connectivity index is 9.70. The van der Waals surface area contributed by atoms with Crippen LogP contribution in [0.1, 0.15) is 289 Å². The lowest BCUT2D eigenvalue weighted by Crippen LogP contribution is -2.89. The molecule has 0 saturated carbocycles. The molecule has 0 rings (SSSR count). The number of hydrogen-bond donors (Lipinski definition) is 0. The molecule has 1 nitrogen and oxygen atoms in total. The van der Waals surface area contributed by atoms with Crippen LogP contribution in [0.15, 0.2) is 0 Å². The molecule has 0 bridgehead atoms. The van der Waals surface area contributed by atoms with Gasteiger partial charge in [-0.25, -0.2) is 0 Å². The van der Waals surface area contributed by atoms with Crippen LogP contribution < -0.4 is 0 Å². The lowest BCUT2D eigenvalue weighted by atomic mass is 9.57. The second-order valence-electron chi connectivity index (χ2n) is 17.4. The molecule has 1 heteroatoms. The molecule has 0 aromatic rings. The highest BCUT2D eigenvalue weighted by Gasteiger charge is 2.74. The molecule has 0 aromatic heterocycles. The molecule has 0 N–H and O–H groups in total. The molecule has 0 spiro atoms. The van der Waals surface area contributed by atoms with Crippen molar-refractivity contribution in [2.45, 2.75) is 311 Å². The normalized spacial score (nSPS) is 13.5. The summed E-state index contributed by atoms with van der Waals surface area (Å²) in [4.78, 5) is 0. The van der Waals surface area contributed by atoms with Crippen LogP contribution in [0.3, 0.4) is 0 Å². The molecule has 0 radical (unpaired) electrons. The third-order valence-electron chi connectivity index (χ3n) is 13.7. The number of hydrogen-bond acceptors (Lipinski definition) is 0. The number of quaternary nitrogens is 1. The van der Waals surface area contributed by atoms with E-state index in [2.05, 4.69) is 83.1 Å². The van der Waals surface area contributed by atoms with Crippen LogP contribution in [-0.4, -0.2) is 26.6 Å². The van der Waals surface area contributed by atoms with Gasteiger partial charge in [-0.2, -0.15) is 0 Å². The van der Waals surface area contributed by atoms with Crippen molar-refractivity contribution in [2.75, 3.05) is 0 Å². The molecule has 0 unspecified atom stereocenters. The Morgan fingerprint density at radius 3 is 0.449 bits per heavy atom. The first-order valence-electron chi connectivity index (χ1n) is 23.6. The highest BCUT2D eigenvalue weighted by atomic mass is 15.6. The van der Waals surface area contributed by atoms with Gasteiger partial charge in [0.2, 0.25) is 0 Å². The first kappa shape index (κ1) is 49.0. The van der Waals surface area contributed by atoms with Crippen LogP contribution in [0.4, 0.5) is 0 Å². The Bertz CT molecular complexity index is 578. The molecule has 0 fully saturated rings. The van der Waals surface area contributed by atoms with Crippen LogP contribution in [0.2, 0.25) is 0 Å². The minimum Gasteiger partial charge on any atom is -0.304 e. The van der Waals surface area contributed by atoms with E-state index in [-0.39, 0.29) is 0 Å². The Morgan fingerprint density at radius 1 is 0.204 bits per heavy atom. The minimum absolute atomic E-state index is 0.352. The van der Waals surface area contributed by atoms with E-state index in [1.807, 2.05) is 0 Å². The van der Waals surface area contributed by atoms with Gasteiger partial charge in [-0.3, -0.25) is 0 Å². The highest BCUT2D eigenvalue weighted by molar-refractivity contribution is 5.06. The van der Waals surface area contributed by atoms with Gasteiger partial charge in [-0.1, -0.05) is 160 Å². The molecular formula is C48H100N+. The number of unbranched alkanes of at least 4 members (excludes halogenated alkanes) is 8. The maximum absolute atomic E-state index is 2.60. The highest BCUT2D eigenvalue weighted by Crippen LogP contribution is 2.66. The summed E-state index contributed by atoms with van der Waals surface area (Å²) in [6.45, 7) is 30.5. The second kappa shape index (κ2) is 27.5. The lowest BCUT2D eigenvalue weighted by molar-refractivity contribution is -1.10. The van der Waals surface area contributed by atoms with Gasteiger partial charge in [0.05, 0.1) is 0 Å². The third-order valence-corrected chi connectivity index (χ3v) is 13.7. The summed E-state index contributed by atoms with van der Waals surface area (Å²) >= 11 is 0. The molecule has 296 valence electrons. The molecule has 0 aliphatic heterocycles. The molecule has 0 heterocycles. The fourth-order valence-electron chi connectivity index (χ4n) is 12.4. The molecule has 0 saturated heterocycles. The zero-order chi connectivity index (χ0) is 37.1. The van der Waals surface area contributed by atoms with Crippen molar-refractivity contribution in [2.24, 2.45) is 0 Å². The van der Waals surface area contributed by atoms with Gasteiger partial charge in [0.1, 0.15) is 22.2 Å². The van der Waals surface area contributed by atoms with E-state index >= 15 is 0 Å². The standard InChI is InChI=1S/C48H100N/c1-13-25-37-45(33-21-9,38-26-14-2)49(46(34-22-10,39-27-15-3)40-28-16-4,47(35-23-11,41-29-17-5)42-30-18-6)48(36-24-12,43-31-19-7)44-32-20-8/h13-44H2,1-12H3/q+1. The summed E-state index contributed by atoms with van der Waals surface area (Å²) in [6.07, 6.45) is 45.0. The monoisotopic (exact) mass is 691 g/mol. The number of nitrogens with zero attached hydrogens (tertiary/aromatic N) is 1. The zero-order valence-corrected chi connectivity index (χ0v) is 37.1. The van der Waals surface area contributed by atoms with Crippen molar-refractivity contribution in [3.63, 3.8) is 0 Å². The molecule has 0 aromatic carbocycles. The van der Waals surface area contributed by atoms with Crippen molar-refractivity contribution in [1.82, 2.24) is 0 Å². The largest absolute Gasteiger partial charge is 0.304 e. The van der Waals surface area contributed by atoms with Crippen molar-refractivity contribution in [3.05, 3.63) is 0 Å². The van der Waals surface area contributed by atoms with Crippen molar-refractivity contribution in [3.8, 4) is 0 Å². The summed E-state index contributed by atoms with van der Waals surface area (Å²) in [5.41, 5.74) is 1.41. The lowest BCUT2D eigenvalue weighted by Gasteiger charge is -2.78. The Kier molecular flexibility index (Phi) is 27.5. The van der Waals surface area contributed by atoms with Gasteiger partial charge in [0.15, 0.2) is 0 Å². The Morgan fingerprint density at radius 2 is 0.347 bits per heavy atom. The second-order valence-corrected chi connectivity index (χ2v) is 17.4. The van der Waals surface area contributed by atoms with Gasteiger partial charge < -0.3 is 4.48 Å². The van der Waals surface area contributed by atoms with E-state index in [1.54, 1.807) is 4.48 Å². The third kappa shape index (κ3) is 12.0. The predicted octanol–water partition coefficient (Wildman–Crippen LogP) is 17.5. The topological polar surface area (TPSA) is 0 Å². The van der Waals surface area contributed by atoms with E-state index in [4.69, 9.17) is 0 Å². The fraction of sp³-hybridized carbons (Fsp3) is 1.00. The molecule has 0 amide bonds. The van der Waals surface area contributed by atoms with Crippen LogP contribution in [0, 0.1) is 0 Å². The van der Waals surface area contributed by atoms with Gasteiger partial charge in [0.25, 0.3) is 0 Å². The Labute approximate surface area is 314 Å². The quantitative estimate of drug-likeness (QED) is 0.0574. The van der Waals surface area contributed by atoms with E-state index in [9.17, 15) is 0 Å². The molecule has 0 atom stereocenters. The maximum atomic E-state index is 2.60. The summed E-state index contributed by atoms with van der Waals surface area (Å²) in [7, 11) is 0. The average Bonchev–Trinajstić information content (AvgIpc) is 3.11. The van der Waals surface area contributed by atoms with Crippen LogP contribution in [0.5, 0.6) is 0 Å². The number of rotatable bonds is 36. The SMILES string of the molecule is CCCCC(CCC)(CCCC)[N+](C(CCC)(CCCC)CCCC)(C(CCC)(CCCC)CCCC)C(CCC)(CCCC)CCCC. The maximum Gasteiger partial charge on any atom is 0.100 e. The average molecular weight is 691 g/mol. The predicted molar refractivity (Wildman–Crippen MR) is 227 cm³/mol. The molecule has 0 aliphatic carbocycles. The summed E-state index contributed by atoms with van der Waals surface area (Å²) < 4.78 is 1.56. The molecule has 49 heavy (non-hydrogen) atoms. The first-order chi connectivity index (χ1) is 23.7. The van der Waals surface area contributed by atoms with Gasteiger partial charge in [-0.15, -0.1) is 0 Å². The summed E-state index contributed by atoms with van der Waals surface area (Å²) in [6, 6.07) is 0. The van der Waals surface area contributed by atoms with Crippen LogP contribution >= 0.6 is 0 Å². The van der Waals surface area contributed by atoms with Crippen LogP contribution in [-0.2, 0) is 0 Å².